The molecule has 1 saturated carbocycles. The first kappa shape index (κ1) is 20.2. The summed E-state index contributed by atoms with van der Waals surface area (Å²) in [6, 6.07) is 0. The van der Waals surface area contributed by atoms with Crippen molar-refractivity contribution < 1.29 is 9.53 Å². The van der Waals surface area contributed by atoms with Gasteiger partial charge in [-0.05, 0) is 66.5 Å². The van der Waals surface area contributed by atoms with Gasteiger partial charge in [-0.15, -0.1) is 0 Å². The first-order valence-electron chi connectivity index (χ1n) is 9.95. The lowest BCUT2D eigenvalue weighted by atomic mass is 9.60. The molecule has 0 aromatic carbocycles. The molecule has 2 unspecified atom stereocenters. The molecule has 0 aliphatic heterocycles. The second-order valence-electron chi connectivity index (χ2n) is 10.3. The van der Waals surface area contributed by atoms with Crippen LogP contribution in [0, 0.1) is 35.5 Å². The minimum atomic E-state index is -1.80. The predicted octanol–water partition coefficient (Wildman–Crippen LogP) is 5.49. The Labute approximate surface area is 151 Å². The molecule has 1 fully saturated rings. The van der Waals surface area contributed by atoms with E-state index in [-0.39, 0.29) is 5.04 Å². The molecule has 0 bridgehead atoms. The van der Waals surface area contributed by atoms with Crippen LogP contribution in [0.2, 0.25) is 18.1 Å². The van der Waals surface area contributed by atoms with E-state index in [0.717, 1.165) is 6.42 Å². The van der Waals surface area contributed by atoms with E-state index >= 15 is 0 Å². The Balaban J connectivity index is 2.31. The zero-order valence-corrected chi connectivity index (χ0v) is 18.2. The maximum absolute atomic E-state index is 10.2. The van der Waals surface area contributed by atoms with Crippen molar-refractivity contribution in [3.8, 4) is 0 Å². The maximum Gasteiger partial charge on any atom is 0.192 e. The zero-order chi connectivity index (χ0) is 18.3. The highest BCUT2D eigenvalue weighted by molar-refractivity contribution is 6.74. The van der Waals surface area contributed by atoms with Gasteiger partial charge in [0.1, 0.15) is 0 Å². The minimum absolute atomic E-state index is 0.236. The fourth-order valence-corrected chi connectivity index (χ4v) is 6.02. The maximum atomic E-state index is 10.2. The molecule has 0 aromatic heterocycles. The summed E-state index contributed by atoms with van der Waals surface area (Å²) in [4.78, 5) is 0. The van der Waals surface area contributed by atoms with E-state index in [1.165, 1.54) is 6.42 Å². The number of rotatable bonds is 4. The topological polar surface area (TPSA) is 29.5 Å². The van der Waals surface area contributed by atoms with Crippen LogP contribution < -0.4 is 0 Å². The van der Waals surface area contributed by atoms with Gasteiger partial charge >= 0.3 is 0 Å². The van der Waals surface area contributed by atoms with Crippen molar-refractivity contribution in [1.82, 2.24) is 0 Å². The summed E-state index contributed by atoms with van der Waals surface area (Å²) in [6.45, 7) is 18.9. The van der Waals surface area contributed by atoms with Crippen LogP contribution in [-0.4, -0.2) is 26.1 Å². The first-order valence-corrected chi connectivity index (χ1v) is 12.9. The predicted molar refractivity (Wildman–Crippen MR) is 105 cm³/mol. The Bertz CT molecular complexity index is 449. The van der Waals surface area contributed by atoms with Gasteiger partial charge in [-0.25, -0.2) is 0 Å². The summed E-state index contributed by atoms with van der Waals surface area (Å²) in [5, 5.41) is 10.4. The van der Waals surface area contributed by atoms with E-state index < -0.39 is 8.32 Å². The molecule has 2 aliphatic carbocycles. The number of fused-ring (bicyclic) bond motifs is 1. The second kappa shape index (κ2) is 7.24. The van der Waals surface area contributed by atoms with Gasteiger partial charge < -0.3 is 9.53 Å². The molecule has 0 saturated heterocycles. The molecule has 6 atom stereocenters. The van der Waals surface area contributed by atoms with Crippen molar-refractivity contribution in [3.05, 3.63) is 12.2 Å². The standard InChI is InChI=1S/C21H40O2Si/c1-14(2)17-10-9-16-11-15(3)12-19(20(16)18(17)13-22)23-24(7,8)21(4,5)6/h9-10,14-20,22H,11-13H2,1-8H3/t15-,16?,17+,18-,19-,20?/m0/s1. The number of aliphatic hydroxyl groups is 1. The van der Waals surface area contributed by atoms with Crippen LogP contribution >= 0.6 is 0 Å². The summed E-state index contributed by atoms with van der Waals surface area (Å²) in [5.41, 5.74) is 0. The van der Waals surface area contributed by atoms with E-state index in [1.54, 1.807) is 0 Å². The lowest BCUT2D eigenvalue weighted by Gasteiger charge is -2.51. The molecule has 1 N–H and O–H groups in total. The van der Waals surface area contributed by atoms with Crippen LogP contribution in [0.5, 0.6) is 0 Å². The third kappa shape index (κ3) is 3.99. The van der Waals surface area contributed by atoms with Crippen molar-refractivity contribution in [2.24, 2.45) is 35.5 Å². The van der Waals surface area contributed by atoms with Crippen molar-refractivity contribution in [2.45, 2.75) is 78.6 Å². The Morgan fingerprint density at radius 1 is 1.17 bits per heavy atom. The van der Waals surface area contributed by atoms with Crippen molar-refractivity contribution in [2.75, 3.05) is 6.61 Å². The van der Waals surface area contributed by atoms with Gasteiger partial charge in [-0.1, -0.05) is 53.7 Å². The zero-order valence-electron chi connectivity index (χ0n) is 17.2. The van der Waals surface area contributed by atoms with Crippen LogP contribution in [0.25, 0.3) is 0 Å². The highest BCUT2D eigenvalue weighted by Gasteiger charge is 2.48. The molecule has 140 valence electrons. The molecule has 2 aliphatic rings. The molecular weight excluding hydrogens is 312 g/mol. The van der Waals surface area contributed by atoms with Gasteiger partial charge in [-0.2, -0.15) is 0 Å². The Morgan fingerprint density at radius 2 is 1.79 bits per heavy atom. The fraction of sp³-hybridized carbons (Fsp3) is 0.905. The quantitative estimate of drug-likeness (QED) is 0.535. The van der Waals surface area contributed by atoms with Crippen molar-refractivity contribution >= 4 is 8.32 Å². The summed E-state index contributed by atoms with van der Waals surface area (Å²) >= 11 is 0. The number of hydrogen-bond acceptors (Lipinski definition) is 2. The molecule has 3 heteroatoms. The average molecular weight is 353 g/mol. The third-order valence-electron chi connectivity index (χ3n) is 7.04. The molecule has 24 heavy (non-hydrogen) atoms. The van der Waals surface area contributed by atoms with Gasteiger partial charge in [0.05, 0.1) is 0 Å². The Hall–Kier alpha value is -0.123. The number of allylic oxidation sites excluding steroid dienone is 2. The van der Waals surface area contributed by atoms with E-state index in [1.807, 2.05) is 0 Å². The molecular formula is C21H40O2Si. The van der Waals surface area contributed by atoms with Gasteiger partial charge in [0, 0.05) is 12.7 Å². The van der Waals surface area contributed by atoms with E-state index in [2.05, 4.69) is 66.8 Å². The third-order valence-corrected chi connectivity index (χ3v) is 11.5. The highest BCUT2D eigenvalue weighted by Crippen LogP contribution is 2.49. The van der Waals surface area contributed by atoms with Crippen LogP contribution in [0.3, 0.4) is 0 Å². The first-order chi connectivity index (χ1) is 11.0. The fourth-order valence-electron chi connectivity index (χ4n) is 4.66. The van der Waals surface area contributed by atoms with Gasteiger partial charge in [0.15, 0.2) is 8.32 Å². The lowest BCUT2D eigenvalue weighted by molar-refractivity contribution is -0.0373. The molecule has 2 rings (SSSR count). The Morgan fingerprint density at radius 3 is 2.29 bits per heavy atom. The molecule has 0 radical (unpaired) electrons. The molecule has 0 aromatic rings. The average Bonchev–Trinajstić information content (AvgIpc) is 2.43. The SMILES string of the molecule is CC(C)[C@H]1C=CC2C[C@H](C)C[C@H](O[Si](C)(C)C(C)(C)C)C2[C@H]1CO. The molecule has 0 amide bonds. The van der Waals surface area contributed by atoms with E-state index in [4.69, 9.17) is 4.43 Å². The number of aliphatic hydroxyl groups excluding tert-OH is 1. The van der Waals surface area contributed by atoms with Crippen LogP contribution in [0.4, 0.5) is 0 Å². The van der Waals surface area contributed by atoms with Crippen LogP contribution in [0.1, 0.15) is 54.4 Å². The van der Waals surface area contributed by atoms with Crippen LogP contribution in [0.15, 0.2) is 12.2 Å². The van der Waals surface area contributed by atoms with Crippen molar-refractivity contribution in [3.63, 3.8) is 0 Å². The number of hydrogen-bond donors (Lipinski definition) is 1. The smallest absolute Gasteiger partial charge is 0.192 e. The summed E-state index contributed by atoms with van der Waals surface area (Å²) in [6.07, 6.45) is 7.57. The van der Waals surface area contributed by atoms with Gasteiger partial charge in [-0.3, -0.25) is 0 Å². The summed E-state index contributed by atoms with van der Waals surface area (Å²) in [7, 11) is -1.80. The molecule has 2 nitrogen and oxygen atoms in total. The highest BCUT2D eigenvalue weighted by atomic mass is 28.4. The lowest BCUT2D eigenvalue weighted by Crippen LogP contribution is -2.53. The van der Waals surface area contributed by atoms with Gasteiger partial charge in [0.25, 0.3) is 0 Å². The summed E-state index contributed by atoms with van der Waals surface area (Å²) < 4.78 is 6.94. The second-order valence-corrected chi connectivity index (χ2v) is 15.0. The van der Waals surface area contributed by atoms with E-state index in [9.17, 15) is 5.11 Å². The monoisotopic (exact) mass is 352 g/mol. The minimum Gasteiger partial charge on any atom is -0.414 e. The molecule has 0 heterocycles. The largest absolute Gasteiger partial charge is 0.414 e. The van der Waals surface area contributed by atoms with Crippen LogP contribution in [-0.2, 0) is 4.43 Å². The van der Waals surface area contributed by atoms with E-state index in [0.29, 0.717) is 48.2 Å². The normalized spacial score (nSPS) is 37.6. The van der Waals surface area contributed by atoms with Crippen molar-refractivity contribution in [1.29, 1.82) is 0 Å². The molecule has 0 spiro atoms. The summed E-state index contributed by atoms with van der Waals surface area (Å²) in [5.74, 6) is 3.18. The van der Waals surface area contributed by atoms with Gasteiger partial charge in [0.2, 0.25) is 0 Å². The Kier molecular flexibility index (Phi) is 6.09.